The predicted molar refractivity (Wildman–Crippen MR) is 104 cm³/mol. The SMILES string of the molecule is C=C([B]O)c1ccc(C2=NCCO2)cc1.Oc1cccc2cccnc12. The molecule has 3 aromatic rings. The molecule has 0 saturated heterocycles. The van der Waals surface area contributed by atoms with Crippen LogP contribution in [-0.2, 0) is 4.74 Å². The first-order valence-electron chi connectivity index (χ1n) is 8.16. The zero-order chi connectivity index (χ0) is 18.4. The van der Waals surface area contributed by atoms with Crippen LogP contribution in [0.4, 0.5) is 0 Å². The Kier molecular flexibility index (Phi) is 5.66. The molecule has 0 spiro atoms. The van der Waals surface area contributed by atoms with Gasteiger partial charge in [0.25, 0.3) is 0 Å². The van der Waals surface area contributed by atoms with Crippen molar-refractivity contribution in [2.75, 3.05) is 13.2 Å². The van der Waals surface area contributed by atoms with Crippen LogP contribution >= 0.6 is 0 Å². The van der Waals surface area contributed by atoms with Gasteiger partial charge >= 0.3 is 7.48 Å². The Labute approximate surface area is 152 Å². The topological polar surface area (TPSA) is 74.9 Å². The molecule has 2 aromatic carbocycles. The highest BCUT2D eigenvalue weighted by Crippen LogP contribution is 2.20. The van der Waals surface area contributed by atoms with Crippen molar-refractivity contribution in [3.05, 3.63) is 78.5 Å². The maximum atomic E-state index is 9.31. The summed E-state index contributed by atoms with van der Waals surface area (Å²) in [6, 6.07) is 16.7. The summed E-state index contributed by atoms with van der Waals surface area (Å²) in [6.45, 7) is 5.09. The molecule has 0 fully saturated rings. The molecule has 0 amide bonds. The fourth-order valence-corrected chi connectivity index (χ4v) is 2.50. The van der Waals surface area contributed by atoms with E-state index in [0.717, 1.165) is 30.5 Å². The average molecular weight is 345 g/mol. The highest BCUT2D eigenvalue weighted by atomic mass is 16.5. The monoisotopic (exact) mass is 345 g/mol. The third-order valence-electron chi connectivity index (χ3n) is 3.86. The molecule has 0 aliphatic carbocycles. The molecule has 26 heavy (non-hydrogen) atoms. The Bertz CT molecular complexity index is 934. The van der Waals surface area contributed by atoms with Gasteiger partial charge < -0.3 is 14.9 Å². The normalized spacial score (nSPS) is 12.6. The average Bonchev–Trinajstić information content (AvgIpc) is 3.23. The van der Waals surface area contributed by atoms with Gasteiger partial charge in [-0.1, -0.05) is 35.8 Å². The van der Waals surface area contributed by atoms with Crippen molar-refractivity contribution in [1.29, 1.82) is 0 Å². The van der Waals surface area contributed by atoms with Crippen LogP contribution in [0.3, 0.4) is 0 Å². The molecule has 6 heteroatoms. The molecule has 1 radical (unpaired) electrons. The Morgan fingerprint density at radius 1 is 1.08 bits per heavy atom. The molecule has 0 unspecified atom stereocenters. The Morgan fingerprint density at radius 2 is 1.85 bits per heavy atom. The minimum absolute atomic E-state index is 0.239. The molecule has 4 rings (SSSR count). The fourth-order valence-electron chi connectivity index (χ4n) is 2.50. The van der Waals surface area contributed by atoms with Crippen LogP contribution in [0.2, 0.25) is 0 Å². The van der Waals surface area contributed by atoms with Crippen molar-refractivity contribution < 1.29 is 14.9 Å². The minimum Gasteiger partial charge on any atom is -0.506 e. The molecule has 1 aliphatic rings. The highest BCUT2D eigenvalue weighted by Gasteiger charge is 2.10. The largest absolute Gasteiger partial charge is 0.506 e. The van der Waals surface area contributed by atoms with E-state index in [1.165, 1.54) is 0 Å². The van der Waals surface area contributed by atoms with Crippen LogP contribution in [0.25, 0.3) is 16.4 Å². The number of hydrogen-bond donors (Lipinski definition) is 2. The third kappa shape index (κ3) is 4.10. The van der Waals surface area contributed by atoms with Crippen molar-refractivity contribution >= 4 is 29.8 Å². The van der Waals surface area contributed by atoms with Crippen LogP contribution in [-0.4, -0.2) is 41.6 Å². The van der Waals surface area contributed by atoms with Gasteiger partial charge in [0.05, 0.1) is 6.54 Å². The first-order chi connectivity index (χ1) is 12.7. The van der Waals surface area contributed by atoms with Crippen molar-refractivity contribution in [3.8, 4) is 5.75 Å². The summed E-state index contributed by atoms with van der Waals surface area (Å²) in [5.41, 5.74) is 3.10. The summed E-state index contributed by atoms with van der Waals surface area (Å²) in [5, 5.41) is 19.1. The van der Waals surface area contributed by atoms with Crippen molar-refractivity contribution in [3.63, 3.8) is 0 Å². The van der Waals surface area contributed by atoms with Crippen LogP contribution in [0.5, 0.6) is 5.75 Å². The molecule has 2 heterocycles. The molecule has 2 N–H and O–H groups in total. The highest BCUT2D eigenvalue weighted by molar-refractivity contribution is 6.53. The fraction of sp³-hybridized carbons (Fsp3) is 0.100. The standard InChI is InChI=1S/C11H11BNO2.C9H7NO/c1-8(12-14)9-2-4-10(5-3-9)11-13-6-7-15-11;11-8-5-1-3-7-4-2-6-10-9(7)8/h2-5,14H,1,6-7H2;1-6,11H. The first-order valence-corrected chi connectivity index (χ1v) is 8.16. The van der Waals surface area contributed by atoms with Gasteiger partial charge in [0.15, 0.2) is 0 Å². The Balaban J connectivity index is 0.000000158. The van der Waals surface area contributed by atoms with Crippen molar-refractivity contribution in [1.82, 2.24) is 4.98 Å². The van der Waals surface area contributed by atoms with Gasteiger partial charge in [-0.15, -0.1) is 6.58 Å². The molecule has 0 bridgehead atoms. The van der Waals surface area contributed by atoms with E-state index in [1.54, 1.807) is 18.3 Å². The lowest BCUT2D eigenvalue weighted by Crippen LogP contribution is -2.01. The number of fused-ring (bicyclic) bond motifs is 1. The van der Waals surface area contributed by atoms with Crippen LogP contribution in [0.1, 0.15) is 11.1 Å². The molecule has 1 aromatic heterocycles. The number of ether oxygens (including phenoxy) is 1. The van der Waals surface area contributed by atoms with Gasteiger partial charge in [0, 0.05) is 17.1 Å². The molecule has 0 saturated carbocycles. The van der Waals surface area contributed by atoms with Gasteiger partial charge in [0.1, 0.15) is 17.9 Å². The van der Waals surface area contributed by atoms with Crippen molar-refractivity contribution in [2.24, 2.45) is 4.99 Å². The van der Waals surface area contributed by atoms with E-state index in [0.29, 0.717) is 23.5 Å². The quantitative estimate of drug-likeness (QED) is 0.716. The molecule has 5 nitrogen and oxygen atoms in total. The summed E-state index contributed by atoms with van der Waals surface area (Å²) >= 11 is 0. The number of rotatable bonds is 3. The lowest BCUT2D eigenvalue weighted by molar-refractivity contribution is 0.348. The van der Waals surface area contributed by atoms with E-state index in [-0.39, 0.29) is 5.75 Å². The Hall–Kier alpha value is -3.12. The van der Waals surface area contributed by atoms with Crippen LogP contribution in [0, 0.1) is 0 Å². The summed E-state index contributed by atoms with van der Waals surface area (Å²) in [6.07, 6.45) is 1.67. The van der Waals surface area contributed by atoms with E-state index in [9.17, 15) is 5.11 Å². The second kappa shape index (κ2) is 8.31. The number of para-hydroxylation sites is 1. The zero-order valence-corrected chi connectivity index (χ0v) is 14.2. The summed E-state index contributed by atoms with van der Waals surface area (Å²) in [5.74, 6) is 0.934. The lowest BCUT2D eigenvalue weighted by Gasteiger charge is -2.04. The number of aromatic nitrogens is 1. The van der Waals surface area contributed by atoms with Crippen LogP contribution < -0.4 is 0 Å². The smallest absolute Gasteiger partial charge is 0.326 e. The van der Waals surface area contributed by atoms with E-state index in [4.69, 9.17) is 9.76 Å². The molecular weight excluding hydrogens is 327 g/mol. The molecule has 1 aliphatic heterocycles. The summed E-state index contributed by atoms with van der Waals surface area (Å²) < 4.78 is 5.34. The second-order valence-corrected chi connectivity index (χ2v) is 5.62. The third-order valence-corrected chi connectivity index (χ3v) is 3.86. The van der Waals surface area contributed by atoms with E-state index in [1.807, 2.05) is 42.5 Å². The lowest BCUT2D eigenvalue weighted by atomic mass is 9.84. The summed E-state index contributed by atoms with van der Waals surface area (Å²) in [4.78, 5) is 8.25. The van der Waals surface area contributed by atoms with Gasteiger partial charge in [-0.25, -0.2) is 4.99 Å². The zero-order valence-electron chi connectivity index (χ0n) is 14.2. The molecule has 0 atom stereocenters. The summed E-state index contributed by atoms with van der Waals surface area (Å²) in [7, 11) is 0.999. The van der Waals surface area contributed by atoms with E-state index in [2.05, 4.69) is 16.6 Å². The van der Waals surface area contributed by atoms with E-state index >= 15 is 0 Å². The molecular formula is C20H18BN2O3. The Morgan fingerprint density at radius 3 is 2.50 bits per heavy atom. The van der Waals surface area contributed by atoms with Gasteiger partial charge in [0.2, 0.25) is 5.90 Å². The number of aromatic hydroxyl groups is 1. The van der Waals surface area contributed by atoms with Crippen LogP contribution in [0.15, 0.2) is 72.4 Å². The second-order valence-electron chi connectivity index (χ2n) is 5.62. The predicted octanol–water partition coefficient (Wildman–Crippen LogP) is 2.99. The number of aliphatic imine (C=N–C) groups is 1. The number of nitrogens with zero attached hydrogens (tertiary/aromatic N) is 2. The van der Waals surface area contributed by atoms with Gasteiger partial charge in [-0.2, -0.15) is 0 Å². The first kappa shape index (κ1) is 17.7. The number of phenolic OH excluding ortho intramolecular Hbond substituents is 1. The van der Waals surface area contributed by atoms with Crippen molar-refractivity contribution in [2.45, 2.75) is 0 Å². The number of phenols is 1. The van der Waals surface area contributed by atoms with E-state index < -0.39 is 0 Å². The van der Waals surface area contributed by atoms with Gasteiger partial charge in [-0.3, -0.25) is 4.98 Å². The maximum Gasteiger partial charge on any atom is 0.326 e. The number of pyridine rings is 1. The minimum atomic E-state index is 0.239. The van der Waals surface area contributed by atoms with Gasteiger partial charge in [-0.05, 0) is 29.8 Å². The number of benzene rings is 2. The maximum absolute atomic E-state index is 9.31. The number of hydrogen-bond acceptors (Lipinski definition) is 5. The molecule has 129 valence electrons.